The predicted molar refractivity (Wildman–Crippen MR) is 85.1 cm³/mol. The number of ether oxygens (including phenoxy) is 1. The highest BCUT2D eigenvalue weighted by atomic mass is 32.2. The molecule has 0 aliphatic rings. The second-order valence-electron chi connectivity index (χ2n) is 4.62. The van der Waals surface area contributed by atoms with Crippen LogP contribution in [0.4, 0.5) is 0 Å². The Morgan fingerprint density at radius 3 is 2.90 bits per heavy atom. The smallest absolute Gasteiger partial charge is 0.237 e. The fourth-order valence-corrected chi connectivity index (χ4v) is 2.31. The molecule has 1 unspecified atom stereocenters. The van der Waals surface area contributed by atoms with Gasteiger partial charge in [-0.15, -0.1) is 0 Å². The highest BCUT2D eigenvalue weighted by Crippen LogP contribution is 2.19. The summed E-state index contributed by atoms with van der Waals surface area (Å²) in [5, 5.41) is 2.95. The summed E-state index contributed by atoms with van der Waals surface area (Å²) in [6.07, 6.45) is 2.70. The van der Waals surface area contributed by atoms with Crippen LogP contribution < -0.4 is 15.8 Å². The summed E-state index contributed by atoms with van der Waals surface area (Å²) in [4.78, 5) is 12.0. The zero-order chi connectivity index (χ0) is 15.0. The molecular formula is C15H24N2O2S. The number of hydrogen-bond acceptors (Lipinski definition) is 4. The number of rotatable bonds is 8. The molecule has 5 heteroatoms. The van der Waals surface area contributed by atoms with Crippen molar-refractivity contribution in [3.05, 3.63) is 29.8 Å². The molecular weight excluding hydrogens is 272 g/mol. The number of nitrogens with two attached hydrogens (primary N) is 1. The molecule has 112 valence electrons. The lowest BCUT2D eigenvalue weighted by Gasteiger charge is -2.18. The first-order valence-corrected chi connectivity index (χ1v) is 8.25. The van der Waals surface area contributed by atoms with Crippen molar-refractivity contribution in [1.82, 2.24) is 5.32 Å². The maximum absolute atomic E-state index is 12.0. The van der Waals surface area contributed by atoms with Gasteiger partial charge in [0, 0.05) is 0 Å². The van der Waals surface area contributed by atoms with Crippen LogP contribution in [0.1, 0.15) is 31.9 Å². The van der Waals surface area contributed by atoms with Crippen LogP contribution in [0.15, 0.2) is 24.3 Å². The van der Waals surface area contributed by atoms with Crippen molar-refractivity contribution in [1.29, 1.82) is 0 Å². The van der Waals surface area contributed by atoms with Gasteiger partial charge in [0.2, 0.25) is 5.91 Å². The number of benzene rings is 1. The first-order chi connectivity index (χ1) is 9.58. The van der Waals surface area contributed by atoms with Gasteiger partial charge in [0.1, 0.15) is 5.75 Å². The fourth-order valence-electron chi connectivity index (χ4n) is 1.82. The Morgan fingerprint density at radius 1 is 1.50 bits per heavy atom. The molecule has 0 radical (unpaired) electrons. The Labute approximate surface area is 125 Å². The zero-order valence-corrected chi connectivity index (χ0v) is 13.2. The molecule has 0 spiro atoms. The van der Waals surface area contributed by atoms with E-state index in [1.54, 1.807) is 11.8 Å². The van der Waals surface area contributed by atoms with Crippen molar-refractivity contribution in [3.63, 3.8) is 0 Å². The SMILES string of the molecule is CCOc1cccc(C(C)NC(=O)[C@@H](N)CCSC)c1. The molecule has 1 aromatic rings. The van der Waals surface area contributed by atoms with E-state index in [1.165, 1.54) is 0 Å². The molecule has 0 heterocycles. The van der Waals surface area contributed by atoms with Crippen LogP contribution in [0.25, 0.3) is 0 Å². The van der Waals surface area contributed by atoms with E-state index >= 15 is 0 Å². The van der Waals surface area contributed by atoms with Crippen molar-refractivity contribution in [2.24, 2.45) is 5.73 Å². The summed E-state index contributed by atoms with van der Waals surface area (Å²) >= 11 is 1.69. The molecule has 0 aliphatic heterocycles. The van der Waals surface area contributed by atoms with Gasteiger partial charge in [-0.3, -0.25) is 4.79 Å². The maximum Gasteiger partial charge on any atom is 0.237 e. The monoisotopic (exact) mass is 296 g/mol. The van der Waals surface area contributed by atoms with Crippen molar-refractivity contribution in [3.8, 4) is 5.75 Å². The van der Waals surface area contributed by atoms with Crippen LogP contribution in [0.2, 0.25) is 0 Å². The van der Waals surface area contributed by atoms with Crippen LogP contribution in [-0.2, 0) is 4.79 Å². The summed E-state index contributed by atoms with van der Waals surface area (Å²) in [5.74, 6) is 1.61. The fraction of sp³-hybridized carbons (Fsp3) is 0.533. The van der Waals surface area contributed by atoms with Crippen molar-refractivity contribution in [2.45, 2.75) is 32.4 Å². The Kier molecular flexibility index (Phi) is 7.47. The molecule has 1 amide bonds. The first-order valence-electron chi connectivity index (χ1n) is 6.86. The minimum atomic E-state index is -0.444. The molecule has 4 nitrogen and oxygen atoms in total. The lowest BCUT2D eigenvalue weighted by Crippen LogP contribution is -2.41. The molecule has 2 atom stereocenters. The van der Waals surface area contributed by atoms with Crippen molar-refractivity contribution in [2.75, 3.05) is 18.6 Å². The molecule has 0 saturated heterocycles. The van der Waals surface area contributed by atoms with Gasteiger partial charge in [-0.05, 0) is 50.0 Å². The number of hydrogen-bond donors (Lipinski definition) is 2. The Bertz CT molecular complexity index is 426. The maximum atomic E-state index is 12.0. The average Bonchev–Trinajstić information content (AvgIpc) is 2.45. The number of nitrogens with one attached hydrogen (secondary N) is 1. The molecule has 1 rings (SSSR count). The van der Waals surface area contributed by atoms with Gasteiger partial charge >= 0.3 is 0 Å². The van der Waals surface area contributed by atoms with E-state index in [9.17, 15) is 4.79 Å². The van der Waals surface area contributed by atoms with Gasteiger partial charge in [-0.1, -0.05) is 12.1 Å². The molecule has 0 fully saturated rings. The van der Waals surface area contributed by atoms with Crippen molar-refractivity contribution < 1.29 is 9.53 Å². The number of carbonyl (C=O) groups excluding carboxylic acids is 1. The third-order valence-electron chi connectivity index (χ3n) is 3.00. The lowest BCUT2D eigenvalue weighted by atomic mass is 10.1. The van der Waals surface area contributed by atoms with Gasteiger partial charge in [0.15, 0.2) is 0 Å². The van der Waals surface area contributed by atoms with Gasteiger partial charge in [-0.2, -0.15) is 11.8 Å². The second-order valence-corrected chi connectivity index (χ2v) is 5.61. The molecule has 0 aromatic heterocycles. The highest BCUT2D eigenvalue weighted by Gasteiger charge is 2.16. The Hall–Kier alpha value is -1.20. The molecule has 20 heavy (non-hydrogen) atoms. The topological polar surface area (TPSA) is 64.3 Å². The minimum Gasteiger partial charge on any atom is -0.494 e. The Balaban J connectivity index is 2.59. The predicted octanol–water partition coefficient (Wildman–Crippen LogP) is 2.34. The van der Waals surface area contributed by atoms with E-state index < -0.39 is 6.04 Å². The summed E-state index contributed by atoms with van der Waals surface area (Å²) < 4.78 is 5.46. The van der Waals surface area contributed by atoms with Crippen LogP contribution >= 0.6 is 11.8 Å². The quantitative estimate of drug-likeness (QED) is 0.773. The van der Waals surface area contributed by atoms with Gasteiger partial charge in [0.25, 0.3) is 0 Å². The van der Waals surface area contributed by atoms with Crippen LogP contribution in [0, 0.1) is 0 Å². The van der Waals surface area contributed by atoms with Crippen LogP contribution in [-0.4, -0.2) is 30.6 Å². The van der Waals surface area contributed by atoms with E-state index in [0.29, 0.717) is 13.0 Å². The third kappa shape index (κ3) is 5.43. The minimum absolute atomic E-state index is 0.0803. The van der Waals surface area contributed by atoms with E-state index in [2.05, 4.69) is 5.32 Å². The third-order valence-corrected chi connectivity index (χ3v) is 3.64. The van der Waals surface area contributed by atoms with E-state index in [1.807, 2.05) is 44.4 Å². The standard InChI is InChI=1S/C15H24N2O2S/c1-4-19-13-7-5-6-12(10-13)11(2)17-15(18)14(16)8-9-20-3/h5-7,10-11,14H,4,8-9,16H2,1-3H3,(H,17,18)/t11?,14-/m0/s1. The summed E-state index contributed by atoms with van der Waals surface area (Å²) in [7, 11) is 0. The van der Waals surface area contributed by atoms with E-state index in [4.69, 9.17) is 10.5 Å². The number of amides is 1. The van der Waals surface area contributed by atoms with Gasteiger partial charge in [0.05, 0.1) is 18.7 Å². The lowest BCUT2D eigenvalue weighted by molar-refractivity contribution is -0.123. The van der Waals surface area contributed by atoms with Crippen LogP contribution in [0.3, 0.4) is 0 Å². The molecule has 1 aromatic carbocycles. The van der Waals surface area contributed by atoms with E-state index in [0.717, 1.165) is 17.1 Å². The molecule has 0 saturated carbocycles. The number of carbonyl (C=O) groups is 1. The zero-order valence-electron chi connectivity index (χ0n) is 12.4. The normalized spacial score (nSPS) is 13.6. The Morgan fingerprint density at radius 2 is 2.25 bits per heavy atom. The van der Waals surface area contributed by atoms with E-state index in [-0.39, 0.29) is 11.9 Å². The highest BCUT2D eigenvalue weighted by molar-refractivity contribution is 7.98. The summed E-state index contributed by atoms with van der Waals surface area (Å²) in [6.45, 7) is 4.52. The van der Waals surface area contributed by atoms with Gasteiger partial charge in [-0.25, -0.2) is 0 Å². The largest absolute Gasteiger partial charge is 0.494 e. The first kappa shape index (κ1) is 16.9. The summed E-state index contributed by atoms with van der Waals surface area (Å²) in [6, 6.07) is 7.23. The van der Waals surface area contributed by atoms with Gasteiger partial charge < -0.3 is 15.8 Å². The van der Waals surface area contributed by atoms with Crippen LogP contribution in [0.5, 0.6) is 5.75 Å². The van der Waals surface area contributed by atoms with Crippen molar-refractivity contribution >= 4 is 17.7 Å². The summed E-state index contributed by atoms with van der Waals surface area (Å²) in [5.41, 5.74) is 6.87. The molecule has 0 aliphatic carbocycles. The molecule has 3 N–H and O–H groups in total. The average molecular weight is 296 g/mol. The number of thioether (sulfide) groups is 1. The second kappa shape index (κ2) is 8.87. The molecule has 0 bridgehead atoms.